The van der Waals surface area contributed by atoms with Gasteiger partial charge < -0.3 is 19.3 Å². The summed E-state index contributed by atoms with van der Waals surface area (Å²) in [6.07, 6.45) is 6.53. The van der Waals surface area contributed by atoms with Crippen LogP contribution >= 0.6 is 11.6 Å². The van der Waals surface area contributed by atoms with Gasteiger partial charge in [0.25, 0.3) is 0 Å². The molecule has 1 saturated heterocycles. The number of hydrogen-bond acceptors (Lipinski definition) is 5. The molecular formula is C20H27ClN4O3. The molecule has 7 nitrogen and oxygen atoms in total. The smallest absolute Gasteiger partial charge is 0.410 e. The Hall–Kier alpha value is -1.86. The molecular weight excluding hydrogens is 380 g/mol. The molecule has 2 aromatic rings. The van der Waals surface area contributed by atoms with Crippen LogP contribution in [-0.4, -0.2) is 49.3 Å². The van der Waals surface area contributed by atoms with Crippen LogP contribution in [0.3, 0.4) is 0 Å². The van der Waals surface area contributed by atoms with E-state index < -0.39 is 11.7 Å². The van der Waals surface area contributed by atoms with E-state index in [4.69, 9.17) is 16.3 Å². The first-order chi connectivity index (χ1) is 13.2. The summed E-state index contributed by atoms with van der Waals surface area (Å²) < 4.78 is 7.55. The minimum atomic E-state index is -0.565. The zero-order valence-electron chi connectivity index (χ0n) is 16.6. The summed E-state index contributed by atoms with van der Waals surface area (Å²) in [5.41, 5.74) is 0.987. The van der Waals surface area contributed by atoms with Crippen molar-refractivity contribution in [2.75, 3.05) is 13.1 Å². The van der Waals surface area contributed by atoms with Crippen molar-refractivity contribution in [3.05, 3.63) is 23.2 Å². The lowest BCUT2D eigenvalue weighted by molar-refractivity contribution is 0.0289. The molecule has 1 amide bonds. The normalized spacial score (nSPS) is 21.8. The van der Waals surface area contributed by atoms with Crippen molar-refractivity contribution < 1.29 is 14.6 Å². The lowest BCUT2D eigenvalue weighted by Gasteiger charge is -2.30. The third-order valence-corrected chi connectivity index (χ3v) is 6.00. The Morgan fingerprint density at radius 1 is 1.32 bits per heavy atom. The summed E-state index contributed by atoms with van der Waals surface area (Å²) in [6, 6.07) is 0.0586. The van der Waals surface area contributed by atoms with E-state index in [-0.39, 0.29) is 18.1 Å². The van der Waals surface area contributed by atoms with Crippen molar-refractivity contribution in [1.82, 2.24) is 19.4 Å². The van der Waals surface area contributed by atoms with Crippen LogP contribution in [0.5, 0.6) is 0 Å². The zero-order chi connectivity index (χ0) is 20.1. The average molecular weight is 407 g/mol. The molecule has 2 unspecified atom stereocenters. The molecule has 152 valence electrons. The lowest BCUT2D eigenvalue weighted by Crippen LogP contribution is -2.35. The van der Waals surface area contributed by atoms with Gasteiger partial charge in [-0.25, -0.2) is 14.8 Å². The number of carbonyl (C=O) groups is 1. The maximum atomic E-state index is 12.4. The lowest BCUT2D eigenvalue weighted by atomic mass is 9.79. The summed E-state index contributed by atoms with van der Waals surface area (Å²) in [4.78, 5) is 22.7. The van der Waals surface area contributed by atoms with Gasteiger partial charge >= 0.3 is 6.09 Å². The van der Waals surface area contributed by atoms with Gasteiger partial charge in [-0.3, -0.25) is 0 Å². The van der Waals surface area contributed by atoms with E-state index in [1.807, 2.05) is 31.5 Å². The Morgan fingerprint density at radius 3 is 2.71 bits per heavy atom. The first-order valence-corrected chi connectivity index (χ1v) is 10.3. The van der Waals surface area contributed by atoms with Gasteiger partial charge in [0.15, 0.2) is 0 Å². The molecule has 0 bridgehead atoms. The van der Waals surface area contributed by atoms with Crippen LogP contribution in [0.2, 0.25) is 5.15 Å². The first-order valence-electron chi connectivity index (χ1n) is 9.91. The number of likely N-dealkylation sites (tertiary alicyclic amines) is 1. The van der Waals surface area contributed by atoms with Crippen LogP contribution in [0, 0.1) is 5.92 Å². The molecule has 2 aromatic heterocycles. The van der Waals surface area contributed by atoms with Crippen LogP contribution < -0.4 is 0 Å². The Bertz CT molecular complexity index is 887. The fourth-order valence-corrected chi connectivity index (χ4v) is 4.29. The standard InChI is InChI=1S/C20H27ClN4O3/c1-20(2,3)28-19(27)24-8-7-13(9-24)25-10-14(16(26)12-5-4-6-12)15-17(21)22-11-23-18(15)25/h10-13,16,26H,4-9H2,1-3H3. The van der Waals surface area contributed by atoms with Crippen molar-refractivity contribution >= 4 is 28.7 Å². The van der Waals surface area contributed by atoms with Gasteiger partial charge in [-0.05, 0) is 46.0 Å². The molecule has 4 rings (SSSR count). The number of carbonyl (C=O) groups excluding carboxylic acids is 1. The minimum Gasteiger partial charge on any atom is -0.444 e. The van der Waals surface area contributed by atoms with E-state index in [0.29, 0.717) is 23.9 Å². The summed E-state index contributed by atoms with van der Waals surface area (Å²) in [7, 11) is 0. The zero-order valence-corrected chi connectivity index (χ0v) is 17.3. The minimum absolute atomic E-state index is 0.0586. The SMILES string of the molecule is CC(C)(C)OC(=O)N1CCC(n2cc(C(O)C3CCC3)c3c(Cl)ncnc32)C1. The Kier molecular flexibility index (Phi) is 5.00. The number of rotatable bonds is 3. The Morgan fingerprint density at radius 2 is 2.07 bits per heavy atom. The Labute approximate surface area is 169 Å². The molecule has 2 atom stereocenters. The summed E-state index contributed by atoms with van der Waals surface area (Å²) >= 11 is 6.38. The second-order valence-electron chi connectivity index (χ2n) is 8.86. The molecule has 2 fully saturated rings. The highest BCUT2D eigenvalue weighted by Crippen LogP contribution is 2.42. The van der Waals surface area contributed by atoms with E-state index in [2.05, 4.69) is 9.97 Å². The third kappa shape index (κ3) is 3.57. The molecule has 1 N–H and O–H groups in total. The quantitative estimate of drug-likeness (QED) is 0.776. The number of amides is 1. The fraction of sp³-hybridized carbons (Fsp3) is 0.650. The van der Waals surface area contributed by atoms with Crippen molar-refractivity contribution in [3.8, 4) is 0 Å². The van der Waals surface area contributed by atoms with Crippen LogP contribution in [0.4, 0.5) is 4.79 Å². The second-order valence-corrected chi connectivity index (χ2v) is 9.22. The van der Waals surface area contributed by atoms with Gasteiger partial charge in [-0.1, -0.05) is 18.0 Å². The monoisotopic (exact) mass is 406 g/mol. The highest BCUT2D eigenvalue weighted by Gasteiger charge is 2.34. The summed E-state index contributed by atoms with van der Waals surface area (Å²) in [6.45, 7) is 6.76. The van der Waals surface area contributed by atoms with Gasteiger partial charge in [0.2, 0.25) is 0 Å². The number of hydrogen-bond donors (Lipinski definition) is 1. The van der Waals surface area contributed by atoms with Crippen LogP contribution in [0.15, 0.2) is 12.5 Å². The maximum absolute atomic E-state index is 12.4. The highest BCUT2D eigenvalue weighted by molar-refractivity contribution is 6.34. The van der Waals surface area contributed by atoms with Crippen molar-refractivity contribution in [3.63, 3.8) is 0 Å². The third-order valence-electron chi connectivity index (χ3n) is 5.72. The van der Waals surface area contributed by atoms with Crippen LogP contribution in [0.25, 0.3) is 11.0 Å². The highest BCUT2D eigenvalue weighted by atomic mass is 35.5. The van der Waals surface area contributed by atoms with Gasteiger partial charge in [-0.15, -0.1) is 0 Å². The molecule has 28 heavy (non-hydrogen) atoms. The van der Waals surface area contributed by atoms with Gasteiger partial charge in [0, 0.05) is 24.8 Å². The summed E-state index contributed by atoms with van der Waals surface area (Å²) in [5, 5.41) is 12.0. The van der Waals surface area contributed by atoms with Gasteiger partial charge in [0.1, 0.15) is 22.7 Å². The number of halogens is 1. The second kappa shape index (κ2) is 7.19. The van der Waals surface area contributed by atoms with E-state index >= 15 is 0 Å². The largest absolute Gasteiger partial charge is 0.444 e. The topological polar surface area (TPSA) is 80.5 Å². The van der Waals surface area contributed by atoms with Crippen LogP contribution in [-0.2, 0) is 4.74 Å². The number of aromatic nitrogens is 3. The average Bonchev–Trinajstić information content (AvgIpc) is 3.16. The predicted molar refractivity (Wildman–Crippen MR) is 106 cm³/mol. The van der Waals surface area contributed by atoms with Gasteiger partial charge in [-0.2, -0.15) is 0 Å². The molecule has 1 aliphatic heterocycles. The summed E-state index contributed by atoms with van der Waals surface area (Å²) in [5.74, 6) is 0.261. The van der Waals surface area contributed by atoms with Crippen molar-refractivity contribution in [2.45, 2.75) is 64.2 Å². The number of nitrogens with zero attached hydrogens (tertiary/aromatic N) is 4. The van der Waals surface area contributed by atoms with E-state index in [0.717, 1.165) is 36.6 Å². The maximum Gasteiger partial charge on any atom is 0.410 e. The van der Waals surface area contributed by atoms with E-state index in [1.54, 1.807) is 4.90 Å². The molecule has 1 saturated carbocycles. The number of aliphatic hydroxyl groups excluding tert-OH is 1. The van der Waals surface area contributed by atoms with Crippen molar-refractivity contribution in [1.29, 1.82) is 0 Å². The fourth-order valence-electron chi connectivity index (χ4n) is 4.05. The van der Waals surface area contributed by atoms with E-state index in [1.165, 1.54) is 6.33 Å². The van der Waals surface area contributed by atoms with Crippen molar-refractivity contribution in [2.24, 2.45) is 5.92 Å². The number of ether oxygens (including phenoxy) is 1. The molecule has 1 aliphatic carbocycles. The number of aliphatic hydroxyl groups is 1. The molecule has 0 spiro atoms. The predicted octanol–water partition coefficient (Wildman–Crippen LogP) is 4.10. The van der Waals surface area contributed by atoms with Crippen LogP contribution in [0.1, 0.15) is 64.2 Å². The molecule has 0 radical (unpaired) electrons. The molecule has 3 heterocycles. The molecule has 2 aliphatic rings. The van der Waals surface area contributed by atoms with Gasteiger partial charge in [0.05, 0.1) is 17.5 Å². The molecule has 8 heteroatoms. The number of fused-ring (bicyclic) bond motifs is 1. The van der Waals surface area contributed by atoms with E-state index in [9.17, 15) is 9.90 Å². The Balaban J connectivity index is 1.63. The molecule has 0 aromatic carbocycles. The first kappa shape index (κ1) is 19.5.